The lowest BCUT2D eigenvalue weighted by atomic mass is 10.4. The lowest BCUT2D eigenvalue weighted by Gasteiger charge is -2.00. The molecule has 1 aromatic rings. The Labute approximate surface area is 90.7 Å². The summed E-state index contributed by atoms with van der Waals surface area (Å²) >= 11 is 5.68. The highest BCUT2D eigenvalue weighted by Gasteiger charge is 2.07. The van der Waals surface area contributed by atoms with Gasteiger partial charge in [0, 0.05) is 16.3 Å². The summed E-state index contributed by atoms with van der Waals surface area (Å²) in [4.78, 5) is 11.7. The molecule has 1 atom stereocenters. The molecule has 0 aliphatic rings. The zero-order valence-electron chi connectivity index (χ0n) is 7.83. The van der Waals surface area contributed by atoms with Crippen molar-refractivity contribution in [2.24, 2.45) is 0 Å². The number of hydrogen-bond acceptors (Lipinski definition) is 2. The van der Waals surface area contributed by atoms with Crippen LogP contribution in [0.1, 0.15) is 13.3 Å². The van der Waals surface area contributed by atoms with E-state index in [0.717, 1.165) is 0 Å². The number of carbonyl (C=O) groups is 1. The predicted octanol–water partition coefficient (Wildman–Crippen LogP) is 2.43. The van der Waals surface area contributed by atoms with Crippen LogP contribution in [0.4, 0.5) is 0 Å². The quantitative estimate of drug-likeness (QED) is 0.796. The number of carbonyl (C=O) groups excluding carboxylic acids is 1. The molecule has 1 rings (SSSR count). The third-order valence-electron chi connectivity index (χ3n) is 1.76. The molecule has 0 N–H and O–H groups in total. The standard InChI is InChI=1S/C10H11ClO2S/c1-2-9(12)7-14(13)10-5-3-8(11)4-6-10/h3-6H,2,7H2,1H3. The molecule has 0 saturated heterocycles. The second-order valence-electron chi connectivity index (χ2n) is 2.84. The first-order chi connectivity index (χ1) is 6.63. The van der Waals surface area contributed by atoms with Gasteiger partial charge >= 0.3 is 0 Å². The molecule has 0 spiro atoms. The summed E-state index contributed by atoms with van der Waals surface area (Å²) in [7, 11) is -1.23. The maximum atomic E-state index is 11.6. The van der Waals surface area contributed by atoms with Crippen LogP contribution < -0.4 is 0 Å². The Hall–Kier alpha value is -0.670. The zero-order valence-corrected chi connectivity index (χ0v) is 9.40. The van der Waals surface area contributed by atoms with E-state index >= 15 is 0 Å². The first kappa shape index (κ1) is 11.4. The summed E-state index contributed by atoms with van der Waals surface area (Å²) in [5.41, 5.74) is 0. The fourth-order valence-electron chi connectivity index (χ4n) is 0.918. The van der Waals surface area contributed by atoms with Gasteiger partial charge < -0.3 is 0 Å². The highest BCUT2D eigenvalue weighted by atomic mass is 35.5. The fraction of sp³-hybridized carbons (Fsp3) is 0.300. The molecule has 4 heteroatoms. The van der Waals surface area contributed by atoms with Crippen LogP contribution in [0.3, 0.4) is 0 Å². The van der Waals surface area contributed by atoms with E-state index < -0.39 is 10.8 Å². The van der Waals surface area contributed by atoms with E-state index in [9.17, 15) is 9.00 Å². The van der Waals surface area contributed by atoms with Gasteiger partial charge in [-0.3, -0.25) is 9.00 Å². The van der Waals surface area contributed by atoms with Crippen molar-refractivity contribution in [3.63, 3.8) is 0 Å². The van der Waals surface area contributed by atoms with Crippen LogP contribution in [-0.2, 0) is 15.6 Å². The number of Topliss-reactive ketones (excluding diaryl/α,β-unsaturated/α-hetero) is 1. The Bertz CT molecular complexity index is 346. The topological polar surface area (TPSA) is 34.1 Å². The van der Waals surface area contributed by atoms with Crippen molar-refractivity contribution in [3.8, 4) is 0 Å². The van der Waals surface area contributed by atoms with Gasteiger partial charge in [0.2, 0.25) is 0 Å². The maximum Gasteiger partial charge on any atom is 0.145 e. The van der Waals surface area contributed by atoms with Gasteiger partial charge in [-0.2, -0.15) is 0 Å². The minimum atomic E-state index is -1.23. The van der Waals surface area contributed by atoms with Gasteiger partial charge in [-0.05, 0) is 24.3 Å². The summed E-state index contributed by atoms with van der Waals surface area (Å²) in [6.45, 7) is 1.77. The van der Waals surface area contributed by atoms with Crippen LogP contribution in [-0.4, -0.2) is 15.7 Å². The van der Waals surface area contributed by atoms with Gasteiger partial charge in [-0.25, -0.2) is 0 Å². The van der Waals surface area contributed by atoms with Crippen molar-refractivity contribution >= 4 is 28.2 Å². The third-order valence-corrected chi connectivity index (χ3v) is 3.40. The largest absolute Gasteiger partial charge is 0.299 e. The van der Waals surface area contributed by atoms with Crippen LogP contribution in [0.5, 0.6) is 0 Å². The third kappa shape index (κ3) is 3.24. The Morgan fingerprint density at radius 3 is 2.43 bits per heavy atom. The Morgan fingerprint density at radius 1 is 1.36 bits per heavy atom. The predicted molar refractivity (Wildman–Crippen MR) is 58.0 cm³/mol. The molecule has 0 saturated carbocycles. The molecule has 0 aromatic heterocycles. The zero-order chi connectivity index (χ0) is 10.6. The molecule has 0 aliphatic heterocycles. The van der Waals surface area contributed by atoms with E-state index in [0.29, 0.717) is 16.3 Å². The molecule has 0 radical (unpaired) electrons. The van der Waals surface area contributed by atoms with Crippen LogP contribution in [0, 0.1) is 0 Å². The summed E-state index contributed by atoms with van der Waals surface area (Å²) in [5.74, 6) is 0.108. The van der Waals surface area contributed by atoms with Gasteiger partial charge in [-0.15, -0.1) is 0 Å². The molecule has 1 aromatic carbocycles. The number of rotatable bonds is 4. The maximum absolute atomic E-state index is 11.6. The van der Waals surface area contributed by atoms with Crippen molar-refractivity contribution < 1.29 is 9.00 Å². The van der Waals surface area contributed by atoms with Gasteiger partial charge in [0.1, 0.15) is 5.78 Å². The Morgan fingerprint density at radius 2 is 1.93 bits per heavy atom. The number of ketones is 1. The number of halogens is 1. The Balaban J connectivity index is 2.70. The van der Waals surface area contributed by atoms with E-state index in [-0.39, 0.29) is 11.5 Å². The molecular formula is C10H11ClO2S. The van der Waals surface area contributed by atoms with Crippen molar-refractivity contribution in [1.29, 1.82) is 0 Å². The van der Waals surface area contributed by atoms with E-state index in [4.69, 9.17) is 11.6 Å². The smallest absolute Gasteiger partial charge is 0.145 e. The monoisotopic (exact) mass is 230 g/mol. The van der Waals surface area contributed by atoms with Crippen LogP contribution in [0.15, 0.2) is 29.2 Å². The van der Waals surface area contributed by atoms with E-state index in [1.807, 2.05) is 0 Å². The lowest BCUT2D eigenvalue weighted by Crippen LogP contribution is -2.08. The van der Waals surface area contributed by atoms with E-state index in [2.05, 4.69) is 0 Å². The molecule has 14 heavy (non-hydrogen) atoms. The van der Waals surface area contributed by atoms with Gasteiger partial charge in [0.05, 0.1) is 16.6 Å². The molecule has 1 unspecified atom stereocenters. The summed E-state index contributed by atoms with van der Waals surface area (Å²) in [6, 6.07) is 6.71. The highest BCUT2D eigenvalue weighted by Crippen LogP contribution is 2.12. The minimum absolute atomic E-state index is 0.0123. The van der Waals surface area contributed by atoms with Crippen LogP contribution >= 0.6 is 11.6 Å². The van der Waals surface area contributed by atoms with Crippen molar-refractivity contribution in [2.45, 2.75) is 18.2 Å². The average Bonchev–Trinajstić information content (AvgIpc) is 2.18. The minimum Gasteiger partial charge on any atom is -0.299 e. The van der Waals surface area contributed by atoms with Gasteiger partial charge in [0.25, 0.3) is 0 Å². The SMILES string of the molecule is CCC(=O)CS(=O)c1ccc(Cl)cc1. The van der Waals surface area contributed by atoms with E-state index in [1.165, 1.54) is 0 Å². The summed E-state index contributed by atoms with van der Waals surface area (Å²) < 4.78 is 11.6. The van der Waals surface area contributed by atoms with Gasteiger partial charge in [-0.1, -0.05) is 18.5 Å². The molecule has 2 nitrogen and oxygen atoms in total. The summed E-state index contributed by atoms with van der Waals surface area (Å²) in [5, 5.41) is 0.604. The molecule has 0 aliphatic carbocycles. The molecule has 0 amide bonds. The average molecular weight is 231 g/mol. The molecular weight excluding hydrogens is 220 g/mol. The van der Waals surface area contributed by atoms with Gasteiger partial charge in [0.15, 0.2) is 0 Å². The van der Waals surface area contributed by atoms with Crippen LogP contribution in [0.2, 0.25) is 5.02 Å². The fourth-order valence-corrected chi connectivity index (χ4v) is 2.15. The molecule has 0 heterocycles. The second kappa shape index (κ2) is 5.27. The lowest BCUT2D eigenvalue weighted by molar-refractivity contribution is -0.116. The van der Waals surface area contributed by atoms with Crippen molar-refractivity contribution in [2.75, 3.05) is 5.75 Å². The molecule has 0 bridgehead atoms. The van der Waals surface area contributed by atoms with Crippen molar-refractivity contribution in [3.05, 3.63) is 29.3 Å². The summed E-state index contributed by atoms with van der Waals surface area (Å²) in [6.07, 6.45) is 0.430. The normalized spacial score (nSPS) is 12.4. The number of benzene rings is 1. The Kier molecular flexibility index (Phi) is 4.29. The van der Waals surface area contributed by atoms with Crippen molar-refractivity contribution in [1.82, 2.24) is 0 Å². The van der Waals surface area contributed by atoms with Crippen LogP contribution in [0.25, 0.3) is 0 Å². The molecule has 0 fully saturated rings. The molecule has 76 valence electrons. The first-order valence-electron chi connectivity index (χ1n) is 4.29. The first-order valence-corrected chi connectivity index (χ1v) is 5.99. The van der Waals surface area contributed by atoms with E-state index in [1.54, 1.807) is 31.2 Å². The second-order valence-corrected chi connectivity index (χ2v) is 4.72. The highest BCUT2D eigenvalue weighted by molar-refractivity contribution is 7.85. The number of hydrogen-bond donors (Lipinski definition) is 0.